The van der Waals surface area contributed by atoms with Crippen LogP contribution in [0.25, 0.3) is 11.3 Å². The summed E-state index contributed by atoms with van der Waals surface area (Å²) >= 11 is 0. The van der Waals surface area contributed by atoms with E-state index in [1.165, 1.54) is 0 Å². The average molecular weight is 224 g/mol. The minimum Gasteiger partial charge on any atom is -0.324 e. The first-order valence-electron chi connectivity index (χ1n) is 4.62. The summed E-state index contributed by atoms with van der Waals surface area (Å²) in [7, 11) is 0. The molecule has 3 nitrogen and oxygen atoms in total. The molecule has 0 saturated carbocycles. The Labute approximate surface area is 95.1 Å². The van der Waals surface area contributed by atoms with Crippen molar-refractivity contribution in [1.29, 1.82) is 0 Å². The van der Waals surface area contributed by atoms with Gasteiger partial charge < -0.3 is 5.73 Å². The fraction of sp³-hybridized carbons (Fsp3) is 0.182. The number of halogens is 1. The van der Waals surface area contributed by atoms with Crippen LogP contribution in [-0.4, -0.2) is 10.2 Å². The molecule has 1 unspecified atom stereocenters. The summed E-state index contributed by atoms with van der Waals surface area (Å²) in [5.41, 5.74) is 9.07. The van der Waals surface area contributed by atoms with E-state index in [-0.39, 0.29) is 18.4 Å². The van der Waals surface area contributed by atoms with Crippen molar-refractivity contribution in [3.8, 4) is 11.3 Å². The largest absolute Gasteiger partial charge is 0.324 e. The molecule has 15 heavy (non-hydrogen) atoms. The van der Waals surface area contributed by atoms with E-state index >= 15 is 0 Å². The van der Waals surface area contributed by atoms with Crippen molar-refractivity contribution in [2.45, 2.75) is 13.0 Å². The Hall–Kier alpha value is -1.32. The standard InChI is InChI=1S/C11H13N3.ClH/c1-8(12)9-2-4-10(5-3-9)11-6-7-13-14-11;/h2-8H,12H2,1H3,(H,13,14);1H. The highest BCUT2D eigenvalue weighted by molar-refractivity contribution is 5.85. The number of hydrogen-bond acceptors (Lipinski definition) is 2. The van der Waals surface area contributed by atoms with Gasteiger partial charge in [-0.1, -0.05) is 24.3 Å². The van der Waals surface area contributed by atoms with E-state index in [2.05, 4.69) is 10.2 Å². The molecular formula is C11H14ClN3. The average Bonchev–Trinajstić information content (AvgIpc) is 2.71. The molecule has 0 amide bonds. The number of H-pyrrole nitrogens is 1. The molecule has 80 valence electrons. The first-order valence-corrected chi connectivity index (χ1v) is 4.62. The minimum atomic E-state index is 0. The summed E-state index contributed by atoms with van der Waals surface area (Å²) in [6.45, 7) is 1.98. The Kier molecular flexibility index (Phi) is 3.88. The lowest BCUT2D eigenvalue weighted by molar-refractivity contribution is 0.818. The topological polar surface area (TPSA) is 54.7 Å². The van der Waals surface area contributed by atoms with E-state index in [0.717, 1.165) is 16.8 Å². The Morgan fingerprint density at radius 2 is 1.87 bits per heavy atom. The third-order valence-corrected chi connectivity index (χ3v) is 2.25. The summed E-state index contributed by atoms with van der Waals surface area (Å²) in [4.78, 5) is 0. The fourth-order valence-corrected chi connectivity index (χ4v) is 1.38. The van der Waals surface area contributed by atoms with Crippen LogP contribution in [0, 0.1) is 0 Å². The first-order chi connectivity index (χ1) is 6.77. The molecule has 0 aliphatic carbocycles. The Morgan fingerprint density at radius 1 is 1.20 bits per heavy atom. The van der Waals surface area contributed by atoms with Crippen LogP contribution in [0.2, 0.25) is 0 Å². The Balaban J connectivity index is 0.00000112. The lowest BCUT2D eigenvalue weighted by Gasteiger charge is -2.05. The monoisotopic (exact) mass is 223 g/mol. The van der Waals surface area contributed by atoms with Crippen LogP contribution in [0.4, 0.5) is 0 Å². The zero-order chi connectivity index (χ0) is 9.97. The van der Waals surface area contributed by atoms with Crippen LogP contribution in [0.1, 0.15) is 18.5 Å². The van der Waals surface area contributed by atoms with Crippen LogP contribution in [-0.2, 0) is 0 Å². The van der Waals surface area contributed by atoms with Crippen molar-refractivity contribution in [3.63, 3.8) is 0 Å². The van der Waals surface area contributed by atoms with E-state index in [4.69, 9.17) is 5.73 Å². The lowest BCUT2D eigenvalue weighted by atomic mass is 10.1. The third-order valence-electron chi connectivity index (χ3n) is 2.25. The van der Waals surface area contributed by atoms with Gasteiger partial charge in [0.05, 0.1) is 5.69 Å². The smallest absolute Gasteiger partial charge is 0.0650 e. The van der Waals surface area contributed by atoms with E-state index < -0.39 is 0 Å². The number of aromatic amines is 1. The molecule has 1 atom stereocenters. The molecule has 1 aromatic heterocycles. The molecule has 2 rings (SSSR count). The third kappa shape index (κ3) is 2.58. The van der Waals surface area contributed by atoms with Crippen molar-refractivity contribution >= 4 is 12.4 Å². The van der Waals surface area contributed by atoms with Crippen molar-refractivity contribution in [2.24, 2.45) is 5.73 Å². The van der Waals surface area contributed by atoms with Gasteiger partial charge in [-0.2, -0.15) is 5.10 Å². The van der Waals surface area contributed by atoms with Crippen molar-refractivity contribution in [1.82, 2.24) is 10.2 Å². The molecule has 1 heterocycles. The second-order valence-electron chi connectivity index (χ2n) is 3.38. The van der Waals surface area contributed by atoms with Crippen LogP contribution >= 0.6 is 12.4 Å². The van der Waals surface area contributed by atoms with Gasteiger partial charge in [-0.15, -0.1) is 12.4 Å². The number of nitrogens with two attached hydrogens (primary N) is 1. The number of rotatable bonds is 2. The van der Waals surface area contributed by atoms with Gasteiger partial charge in [0.15, 0.2) is 0 Å². The van der Waals surface area contributed by atoms with Crippen LogP contribution in [0.3, 0.4) is 0 Å². The quantitative estimate of drug-likeness (QED) is 0.822. The number of nitrogens with one attached hydrogen (secondary N) is 1. The van der Waals surface area contributed by atoms with Gasteiger partial charge in [-0.3, -0.25) is 5.10 Å². The van der Waals surface area contributed by atoms with Gasteiger partial charge >= 0.3 is 0 Å². The predicted molar refractivity (Wildman–Crippen MR) is 63.9 cm³/mol. The summed E-state index contributed by atoms with van der Waals surface area (Å²) in [6.07, 6.45) is 1.74. The van der Waals surface area contributed by atoms with Gasteiger partial charge in [0.2, 0.25) is 0 Å². The molecule has 0 aliphatic rings. The van der Waals surface area contributed by atoms with Crippen molar-refractivity contribution in [2.75, 3.05) is 0 Å². The maximum atomic E-state index is 5.76. The summed E-state index contributed by atoms with van der Waals surface area (Å²) in [5.74, 6) is 0. The Morgan fingerprint density at radius 3 is 2.33 bits per heavy atom. The maximum absolute atomic E-state index is 5.76. The molecule has 0 radical (unpaired) electrons. The molecular weight excluding hydrogens is 210 g/mol. The van der Waals surface area contributed by atoms with Crippen LogP contribution in [0.5, 0.6) is 0 Å². The normalized spacial score (nSPS) is 11.9. The SMILES string of the molecule is CC(N)c1ccc(-c2ccn[nH]2)cc1.Cl. The number of benzene rings is 1. The lowest BCUT2D eigenvalue weighted by Crippen LogP contribution is -2.04. The van der Waals surface area contributed by atoms with Crippen molar-refractivity contribution < 1.29 is 0 Å². The Bertz CT molecular complexity index is 392. The van der Waals surface area contributed by atoms with Gasteiger partial charge in [0.1, 0.15) is 0 Å². The second kappa shape index (κ2) is 4.96. The molecule has 3 N–H and O–H groups in total. The first kappa shape index (κ1) is 11.8. The predicted octanol–water partition coefficient (Wildman–Crippen LogP) is 2.52. The summed E-state index contributed by atoms with van der Waals surface area (Å²) in [6, 6.07) is 10.2. The zero-order valence-corrected chi connectivity index (χ0v) is 9.29. The molecule has 0 bridgehead atoms. The van der Waals surface area contributed by atoms with E-state index in [0.29, 0.717) is 0 Å². The molecule has 0 spiro atoms. The second-order valence-corrected chi connectivity index (χ2v) is 3.38. The zero-order valence-electron chi connectivity index (χ0n) is 8.47. The molecule has 0 aliphatic heterocycles. The highest BCUT2D eigenvalue weighted by Crippen LogP contribution is 2.18. The molecule has 4 heteroatoms. The maximum Gasteiger partial charge on any atom is 0.0650 e. The van der Waals surface area contributed by atoms with Crippen molar-refractivity contribution in [3.05, 3.63) is 42.1 Å². The van der Waals surface area contributed by atoms with Gasteiger partial charge in [0, 0.05) is 12.2 Å². The highest BCUT2D eigenvalue weighted by atomic mass is 35.5. The number of aromatic nitrogens is 2. The van der Waals surface area contributed by atoms with E-state index in [1.54, 1.807) is 6.20 Å². The van der Waals surface area contributed by atoms with E-state index in [9.17, 15) is 0 Å². The molecule has 2 aromatic rings. The van der Waals surface area contributed by atoms with Crippen LogP contribution in [0.15, 0.2) is 36.5 Å². The highest BCUT2D eigenvalue weighted by Gasteiger charge is 2.01. The molecule has 0 fully saturated rings. The molecule has 0 saturated heterocycles. The van der Waals surface area contributed by atoms with Gasteiger partial charge in [-0.05, 0) is 24.1 Å². The molecule has 1 aromatic carbocycles. The number of hydrogen-bond donors (Lipinski definition) is 2. The number of nitrogens with zero attached hydrogens (tertiary/aromatic N) is 1. The van der Waals surface area contributed by atoms with Gasteiger partial charge in [-0.25, -0.2) is 0 Å². The van der Waals surface area contributed by atoms with E-state index in [1.807, 2.05) is 37.3 Å². The van der Waals surface area contributed by atoms with Crippen LogP contribution < -0.4 is 5.73 Å². The summed E-state index contributed by atoms with van der Waals surface area (Å²) < 4.78 is 0. The minimum absolute atomic E-state index is 0. The fourth-order valence-electron chi connectivity index (χ4n) is 1.38. The summed E-state index contributed by atoms with van der Waals surface area (Å²) in [5, 5.41) is 6.83. The van der Waals surface area contributed by atoms with Gasteiger partial charge in [0.25, 0.3) is 0 Å².